The lowest BCUT2D eigenvalue weighted by molar-refractivity contribution is 0.0944. The summed E-state index contributed by atoms with van der Waals surface area (Å²) in [7, 11) is 0. The van der Waals surface area contributed by atoms with E-state index < -0.39 is 17.5 Å². The molecule has 192 valence electrons. The van der Waals surface area contributed by atoms with Crippen molar-refractivity contribution in [3.8, 4) is 0 Å². The van der Waals surface area contributed by atoms with Crippen molar-refractivity contribution >= 4 is 46.0 Å². The van der Waals surface area contributed by atoms with Gasteiger partial charge >= 0.3 is 0 Å². The normalized spacial score (nSPS) is 14.2. The SMILES string of the molecule is O=C(NCCO)c1ccc(Nc2ncnc3c2c(F)cn3C2CCN(c3ncc(Cl)cn3)CC2)c(F)c1. The van der Waals surface area contributed by atoms with Gasteiger partial charge in [-0.15, -0.1) is 0 Å². The molecule has 1 aliphatic heterocycles. The number of halogens is 3. The molecule has 3 N–H and O–H groups in total. The lowest BCUT2D eigenvalue weighted by Gasteiger charge is -2.32. The van der Waals surface area contributed by atoms with E-state index in [1.165, 1.54) is 24.7 Å². The van der Waals surface area contributed by atoms with Crippen LogP contribution in [0, 0.1) is 11.6 Å². The molecular weight excluding hydrogens is 506 g/mol. The number of hydrogen-bond donors (Lipinski definition) is 3. The van der Waals surface area contributed by atoms with Crippen LogP contribution in [0.15, 0.2) is 43.1 Å². The quantitative estimate of drug-likeness (QED) is 0.333. The summed E-state index contributed by atoms with van der Waals surface area (Å²) in [6.45, 7) is 1.18. The van der Waals surface area contributed by atoms with Gasteiger partial charge < -0.3 is 25.2 Å². The van der Waals surface area contributed by atoms with Crippen LogP contribution in [0.5, 0.6) is 0 Å². The zero-order valence-corrected chi connectivity index (χ0v) is 20.3. The maximum atomic E-state index is 15.1. The van der Waals surface area contributed by atoms with Gasteiger partial charge in [-0.25, -0.2) is 28.7 Å². The molecule has 4 heterocycles. The van der Waals surface area contributed by atoms with Crippen molar-refractivity contribution in [2.75, 3.05) is 36.5 Å². The number of aliphatic hydroxyl groups is 1. The summed E-state index contributed by atoms with van der Waals surface area (Å²) in [6.07, 6.45) is 7.24. The Kier molecular flexibility index (Phi) is 7.10. The molecule has 0 bridgehead atoms. The number of benzene rings is 1. The first-order chi connectivity index (χ1) is 17.9. The Morgan fingerprint density at radius 2 is 1.86 bits per heavy atom. The second-order valence-electron chi connectivity index (χ2n) is 8.52. The van der Waals surface area contributed by atoms with Crippen LogP contribution in [-0.2, 0) is 0 Å². The third kappa shape index (κ3) is 5.16. The molecule has 1 saturated heterocycles. The number of fused-ring (bicyclic) bond motifs is 1. The third-order valence-corrected chi connectivity index (χ3v) is 6.39. The van der Waals surface area contributed by atoms with Crippen LogP contribution < -0.4 is 15.5 Å². The van der Waals surface area contributed by atoms with Gasteiger partial charge in [0.05, 0.1) is 35.1 Å². The Morgan fingerprint density at radius 3 is 2.57 bits per heavy atom. The number of carbonyl (C=O) groups excluding carboxylic acids is 1. The van der Waals surface area contributed by atoms with Gasteiger partial charge in [0.15, 0.2) is 5.82 Å². The Hall–Kier alpha value is -3.90. The van der Waals surface area contributed by atoms with E-state index in [9.17, 15) is 9.18 Å². The van der Waals surface area contributed by atoms with Crippen LogP contribution in [0.2, 0.25) is 5.02 Å². The molecule has 5 rings (SSSR count). The molecule has 1 amide bonds. The number of aliphatic hydroxyl groups excluding tert-OH is 1. The largest absolute Gasteiger partial charge is 0.395 e. The molecule has 0 unspecified atom stereocenters. The minimum absolute atomic E-state index is 0.00764. The number of piperidine rings is 1. The van der Waals surface area contributed by atoms with Crippen LogP contribution in [0.25, 0.3) is 11.0 Å². The fourth-order valence-electron chi connectivity index (χ4n) is 4.38. The predicted molar refractivity (Wildman–Crippen MR) is 134 cm³/mol. The molecule has 10 nitrogen and oxygen atoms in total. The molecule has 0 saturated carbocycles. The predicted octanol–water partition coefficient (Wildman–Crippen LogP) is 3.46. The molecule has 0 spiro atoms. The van der Waals surface area contributed by atoms with Crippen LogP contribution >= 0.6 is 11.6 Å². The van der Waals surface area contributed by atoms with Gasteiger partial charge in [-0.3, -0.25) is 4.79 Å². The molecule has 0 atom stereocenters. The summed E-state index contributed by atoms with van der Waals surface area (Å²) in [5.41, 5.74) is 0.524. The molecule has 0 aliphatic carbocycles. The van der Waals surface area contributed by atoms with Crippen LogP contribution in [0.4, 0.5) is 26.2 Å². The van der Waals surface area contributed by atoms with E-state index in [0.717, 1.165) is 18.9 Å². The Morgan fingerprint density at radius 1 is 1.11 bits per heavy atom. The number of nitrogens with one attached hydrogen (secondary N) is 2. The molecule has 4 aromatic rings. The zero-order chi connectivity index (χ0) is 25.9. The van der Waals surface area contributed by atoms with Crippen molar-refractivity contribution in [3.05, 3.63) is 65.3 Å². The molecule has 13 heteroatoms. The van der Waals surface area contributed by atoms with Crippen molar-refractivity contribution in [1.29, 1.82) is 0 Å². The fraction of sp³-hybridized carbons (Fsp3) is 0.292. The Labute approximate surface area is 215 Å². The van der Waals surface area contributed by atoms with Crippen LogP contribution in [0.1, 0.15) is 29.2 Å². The highest BCUT2D eigenvalue weighted by atomic mass is 35.5. The lowest BCUT2D eigenvalue weighted by Crippen LogP contribution is -2.35. The number of aromatic nitrogens is 5. The molecule has 3 aromatic heterocycles. The maximum Gasteiger partial charge on any atom is 0.251 e. The van der Waals surface area contributed by atoms with Gasteiger partial charge in [-0.05, 0) is 31.0 Å². The lowest BCUT2D eigenvalue weighted by atomic mass is 10.1. The summed E-state index contributed by atoms with van der Waals surface area (Å²) >= 11 is 5.88. The first kappa shape index (κ1) is 24.8. The van der Waals surface area contributed by atoms with Crippen molar-refractivity contribution in [3.63, 3.8) is 0 Å². The van der Waals surface area contributed by atoms with Gasteiger partial charge in [0.1, 0.15) is 23.6 Å². The molecule has 1 aromatic carbocycles. The van der Waals surface area contributed by atoms with E-state index in [-0.39, 0.29) is 41.6 Å². The van der Waals surface area contributed by atoms with E-state index >= 15 is 4.39 Å². The fourth-order valence-corrected chi connectivity index (χ4v) is 4.48. The van der Waals surface area contributed by atoms with E-state index in [2.05, 4.69) is 30.6 Å². The smallest absolute Gasteiger partial charge is 0.251 e. The number of carbonyl (C=O) groups is 1. The third-order valence-electron chi connectivity index (χ3n) is 6.19. The highest BCUT2D eigenvalue weighted by Crippen LogP contribution is 2.33. The first-order valence-electron chi connectivity index (χ1n) is 11.6. The Bertz CT molecular complexity index is 1420. The van der Waals surface area contributed by atoms with Gasteiger partial charge in [0.2, 0.25) is 5.95 Å². The molecule has 37 heavy (non-hydrogen) atoms. The van der Waals surface area contributed by atoms with Gasteiger partial charge in [0.25, 0.3) is 5.91 Å². The Balaban J connectivity index is 1.35. The molecule has 1 fully saturated rings. The standard InChI is InChI=1S/C24H23ClF2N8O2/c25-15-10-29-24(30-11-15)34-6-3-16(4-7-34)35-12-18(27)20-21(31-13-32-22(20)35)33-19-2-1-14(9-17(19)26)23(37)28-5-8-36/h1-2,9-13,16,36H,3-8H2,(H,28,37)(H,31,32,33). The number of amides is 1. The van der Waals surface area contributed by atoms with Crippen molar-refractivity contribution in [1.82, 2.24) is 29.8 Å². The zero-order valence-electron chi connectivity index (χ0n) is 19.5. The van der Waals surface area contributed by atoms with Crippen LogP contribution in [0.3, 0.4) is 0 Å². The van der Waals surface area contributed by atoms with E-state index in [4.69, 9.17) is 16.7 Å². The summed E-state index contributed by atoms with van der Waals surface area (Å²) in [6, 6.07) is 3.86. The second kappa shape index (κ2) is 10.6. The first-order valence-corrected chi connectivity index (χ1v) is 12.0. The highest BCUT2D eigenvalue weighted by Gasteiger charge is 2.26. The second-order valence-corrected chi connectivity index (χ2v) is 8.96. The van der Waals surface area contributed by atoms with Gasteiger partial charge in [-0.2, -0.15) is 0 Å². The van der Waals surface area contributed by atoms with Gasteiger partial charge in [0, 0.05) is 37.4 Å². The average Bonchev–Trinajstić information content (AvgIpc) is 3.26. The summed E-state index contributed by atoms with van der Waals surface area (Å²) in [5, 5.41) is 14.7. The van der Waals surface area contributed by atoms with Gasteiger partial charge in [-0.1, -0.05) is 11.6 Å². The van der Waals surface area contributed by atoms with E-state index in [1.54, 1.807) is 17.0 Å². The molecular formula is C24H23ClF2N8O2. The van der Waals surface area contributed by atoms with Crippen LogP contribution in [-0.4, -0.2) is 61.8 Å². The van der Waals surface area contributed by atoms with Crippen molar-refractivity contribution in [2.45, 2.75) is 18.9 Å². The highest BCUT2D eigenvalue weighted by molar-refractivity contribution is 6.30. The van der Waals surface area contributed by atoms with Crippen molar-refractivity contribution < 1.29 is 18.7 Å². The molecule has 1 aliphatic rings. The monoisotopic (exact) mass is 528 g/mol. The minimum atomic E-state index is -0.708. The maximum absolute atomic E-state index is 15.1. The van der Waals surface area contributed by atoms with E-state index in [0.29, 0.717) is 29.7 Å². The van der Waals surface area contributed by atoms with Crippen molar-refractivity contribution in [2.24, 2.45) is 0 Å². The number of rotatable bonds is 7. The minimum Gasteiger partial charge on any atom is -0.395 e. The molecule has 0 radical (unpaired) electrons. The topological polar surface area (TPSA) is 121 Å². The number of anilines is 3. The number of hydrogen-bond acceptors (Lipinski definition) is 8. The average molecular weight is 529 g/mol. The summed E-state index contributed by atoms with van der Waals surface area (Å²) < 4.78 is 31.7. The summed E-state index contributed by atoms with van der Waals surface area (Å²) in [4.78, 5) is 31.0. The number of nitrogens with zero attached hydrogens (tertiary/aromatic N) is 6. The summed E-state index contributed by atoms with van der Waals surface area (Å²) in [5.74, 6) is -1.04. The van der Waals surface area contributed by atoms with E-state index in [1.807, 2.05) is 4.90 Å².